The molecule has 1 heterocycles. The Bertz CT molecular complexity index is 967. The molecule has 0 saturated heterocycles. The van der Waals surface area contributed by atoms with E-state index in [1.807, 2.05) is 18.2 Å². The molecule has 0 unspecified atom stereocenters. The lowest BCUT2D eigenvalue weighted by atomic mass is 10.1. The Morgan fingerprint density at radius 2 is 1.77 bits per heavy atom. The number of hydrogen-bond acceptors (Lipinski definition) is 4. The predicted molar refractivity (Wildman–Crippen MR) is 105 cm³/mol. The van der Waals surface area contributed by atoms with Gasteiger partial charge in [-0.25, -0.2) is 4.79 Å². The van der Waals surface area contributed by atoms with Gasteiger partial charge in [0.2, 0.25) is 0 Å². The summed E-state index contributed by atoms with van der Waals surface area (Å²) in [6.45, 7) is 2.67. The van der Waals surface area contributed by atoms with Crippen molar-refractivity contribution in [2.24, 2.45) is 0 Å². The molecule has 0 N–H and O–H groups in total. The predicted octanol–water partition coefficient (Wildman–Crippen LogP) is 4.21. The van der Waals surface area contributed by atoms with Gasteiger partial charge in [-0.1, -0.05) is 30.3 Å². The quantitative estimate of drug-likeness (QED) is 0.651. The second kappa shape index (κ2) is 6.81. The van der Waals surface area contributed by atoms with E-state index < -0.39 is 0 Å². The lowest BCUT2D eigenvalue weighted by Gasteiger charge is -2.25. The van der Waals surface area contributed by atoms with Crippen molar-refractivity contribution in [3.8, 4) is 0 Å². The van der Waals surface area contributed by atoms with Crippen LogP contribution in [-0.2, 0) is 11.3 Å². The van der Waals surface area contributed by atoms with Crippen LogP contribution in [0.2, 0.25) is 0 Å². The molecule has 0 aliphatic carbocycles. The Morgan fingerprint density at radius 1 is 0.962 bits per heavy atom. The Morgan fingerprint density at radius 3 is 2.58 bits per heavy atom. The summed E-state index contributed by atoms with van der Waals surface area (Å²) in [5, 5.41) is 2.47. The van der Waals surface area contributed by atoms with E-state index in [0.717, 1.165) is 30.9 Å². The van der Waals surface area contributed by atoms with Crippen molar-refractivity contribution in [1.82, 2.24) is 4.90 Å². The van der Waals surface area contributed by atoms with Gasteiger partial charge in [0.25, 0.3) is 0 Å². The number of carbonyl (C=O) groups excluding carboxylic acids is 1. The first-order valence-electron chi connectivity index (χ1n) is 8.82. The Kier molecular flexibility index (Phi) is 4.35. The van der Waals surface area contributed by atoms with E-state index in [2.05, 4.69) is 59.3 Å². The average molecular weight is 346 g/mol. The summed E-state index contributed by atoms with van der Waals surface area (Å²) in [5.41, 5.74) is 4.06. The maximum Gasteiger partial charge on any atom is 0.337 e. The second-order valence-corrected chi connectivity index (χ2v) is 6.76. The van der Waals surface area contributed by atoms with E-state index in [4.69, 9.17) is 4.74 Å². The zero-order valence-corrected chi connectivity index (χ0v) is 15.1. The molecule has 0 aromatic heterocycles. The Labute approximate surface area is 153 Å². The molecule has 0 bridgehead atoms. The van der Waals surface area contributed by atoms with Crippen LogP contribution in [0.15, 0.2) is 60.7 Å². The number of rotatable bonds is 2. The van der Waals surface area contributed by atoms with Crippen LogP contribution in [-0.4, -0.2) is 38.1 Å². The molecule has 3 aromatic rings. The van der Waals surface area contributed by atoms with E-state index in [-0.39, 0.29) is 5.97 Å². The van der Waals surface area contributed by atoms with Gasteiger partial charge in [-0.2, -0.15) is 0 Å². The molecule has 1 aliphatic rings. The maximum atomic E-state index is 11.9. The number of likely N-dealkylation sites (N-methyl/N-ethyl adjacent to an activating group) is 1. The van der Waals surface area contributed by atoms with Crippen molar-refractivity contribution in [1.29, 1.82) is 0 Å². The van der Waals surface area contributed by atoms with Gasteiger partial charge in [-0.3, -0.25) is 0 Å². The minimum atomic E-state index is -0.294. The van der Waals surface area contributed by atoms with Gasteiger partial charge >= 0.3 is 5.97 Å². The molecule has 0 amide bonds. The summed E-state index contributed by atoms with van der Waals surface area (Å²) in [6, 6.07) is 20.8. The lowest BCUT2D eigenvalue weighted by Crippen LogP contribution is -2.26. The second-order valence-electron chi connectivity index (χ2n) is 6.76. The topological polar surface area (TPSA) is 32.8 Å². The van der Waals surface area contributed by atoms with Crippen molar-refractivity contribution in [2.45, 2.75) is 6.54 Å². The highest BCUT2D eigenvalue weighted by molar-refractivity contribution is 5.91. The third-order valence-electron chi connectivity index (χ3n) is 4.98. The summed E-state index contributed by atoms with van der Waals surface area (Å²) < 4.78 is 4.88. The molecule has 4 heteroatoms. The minimum absolute atomic E-state index is 0.294. The Balaban J connectivity index is 1.80. The fourth-order valence-electron chi connectivity index (χ4n) is 3.59. The maximum absolute atomic E-state index is 11.9. The number of anilines is 2. The molecular weight excluding hydrogens is 324 g/mol. The van der Waals surface area contributed by atoms with Gasteiger partial charge in [0.1, 0.15) is 0 Å². The van der Waals surface area contributed by atoms with Crippen LogP contribution in [0.25, 0.3) is 10.8 Å². The van der Waals surface area contributed by atoms with Crippen LogP contribution in [0.4, 0.5) is 11.4 Å². The number of benzene rings is 3. The first-order valence-corrected chi connectivity index (χ1v) is 8.82. The average Bonchev–Trinajstić information content (AvgIpc) is 2.84. The number of ether oxygens (including phenoxy) is 1. The monoisotopic (exact) mass is 346 g/mol. The van der Waals surface area contributed by atoms with Gasteiger partial charge in [0, 0.05) is 31.0 Å². The van der Waals surface area contributed by atoms with Crippen molar-refractivity contribution in [2.75, 3.05) is 32.1 Å². The zero-order valence-electron chi connectivity index (χ0n) is 15.1. The van der Waals surface area contributed by atoms with Crippen molar-refractivity contribution in [3.05, 3.63) is 71.8 Å². The molecule has 132 valence electrons. The number of esters is 1. The summed E-state index contributed by atoms with van der Waals surface area (Å²) in [4.78, 5) is 16.5. The van der Waals surface area contributed by atoms with Gasteiger partial charge in [-0.05, 0) is 53.7 Å². The van der Waals surface area contributed by atoms with Crippen LogP contribution in [0.3, 0.4) is 0 Å². The highest BCUT2D eigenvalue weighted by Gasteiger charge is 2.21. The summed E-state index contributed by atoms with van der Waals surface area (Å²) in [7, 11) is 3.53. The third kappa shape index (κ3) is 3.04. The molecule has 26 heavy (non-hydrogen) atoms. The first-order chi connectivity index (χ1) is 12.7. The zero-order chi connectivity index (χ0) is 18.1. The third-order valence-corrected chi connectivity index (χ3v) is 4.98. The van der Waals surface area contributed by atoms with E-state index in [1.54, 1.807) is 0 Å². The van der Waals surface area contributed by atoms with Crippen molar-refractivity contribution in [3.63, 3.8) is 0 Å². The molecule has 0 fully saturated rings. The number of methoxy groups -OCH3 is 1. The summed E-state index contributed by atoms with van der Waals surface area (Å²) in [5.74, 6) is -0.294. The van der Waals surface area contributed by atoms with E-state index in [1.165, 1.54) is 23.6 Å². The molecule has 0 spiro atoms. The first kappa shape index (κ1) is 16.6. The van der Waals surface area contributed by atoms with E-state index in [9.17, 15) is 4.79 Å². The van der Waals surface area contributed by atoms with Crippen molar-refractivity contribution < 1.29 is 9.53 Å². The molecule has 0 atom stereocenters. The highest BCUT2D eigenvalue weighted by Crippen LogP contribution is 2.33. The Hall–Kier alpha value is -2.85. The van der Waals surface area contributed by atoms with Gasteiger partial charge < -0.3 is 14.5 Å². The smallest absolute Gasteiger partial charge is 0.337 e. The summed E-state index contributed by atoms with van der Waals surface area (Å²) >= 11 is 0. The standard InChI is InChI=1S/C22H22N2O2/c1-23-11-12-24(20-9-7-16-5-3-4-6-17(16)14-20)21-10-8-18(22(25)26-2)13-19(21)15-23/h3-10,13-14H,11-12,15H2,1-2H3. The summed E-state index contributed by atoms with van der Waals surface area (Å²) in [6.07, 6.45) is 0. The lowest BCUT2D eigenvalue weighted by molar-refractivity contribution is 0.0600. The fraction of sp³-hybridized carbons (Fsp3) is 0.227. The molecule has 4 rings (SSSR count). The largest absolute Gasteiger partial charge is 0.465 e. The number of nitrogens with zero attached hydrogens (tertiary/aromatic N) is 2. The molecule has 1 aliphatic heterocycles. The van der Waals surface area contributed by atoms with Crippen LogP contribution < -0.4 is 4.90 Å². The number of carbonyl (C=O) groups is 1. The van der Waals surface area contributed by atoms with Crippen molar-refractivity contribution >= 4 is 28.1 Å². The molecule has 4 nitrogen and oxygen atoms in total. The molecule has 3 aromatic carbocycles. The van der Waals surface area contributed by atoms with E-state index >= 15 is 0 Å². The molecular formula is C22H22N2O2. The molecule has 0 radical (unpaired) electrons. The highest BCUT2D eigenvalue weighted by atomic mass is 16.5. The van der Waals surface area contributed by atoms with Crippen LogP contribution in [0.5, 0.6) is 0 Å². The van der Waals surface area contributed by atoms with E-state index in [0.29, 0.717) is 5.56 Å². The van der Waals surface area contributed by atoms with Crippen LogP contribution in [0.1, 0.15) is 15.9 Å². The van der Waals surface area contributed by atoms with Gasteiger partial charge in [-0.15, -0.1) is 0 Å². The van der Waals surface area contributed by atoms with Crippen LogP contribution >= 0.6 is 0 Å². The normalized spacial score (nSPS) is 14.8. The fourth-order valence-corrected chi connectivity index (χ4v) is 3.59. The number of hydrogen-bond donors (Lipinski definition) is 0. The van der Waals surface area contributed by atoms with Gasteiger partial charge in [0.05, 0.1) is 12.7 Å². The minimum Gasteiger partial charge on any atom is -0.465 e. The number of fused-ring (bicyclic) bond motifs is 2. The van der Waals surface area contributed by atoms with Gasteiger partial charge in [0.15, 0.2) is 0 Å². The molecule has 0 saturated carbocycles. The SMILES string of the molecule is COC(=O)c1ccc2c(c1)CN(C)CCN2c1ccc2ccccc2c1. The van der Waals surface area contributed by atoms with Crippen LogP contribution in [0, 0.1) is 0 Å².